The summed E-state index contributed by atoms with van der Waals surface area (Å²) < 4.78 is 0. The Bertz CT molecular complexity index is 348. The van der Waals surface area contributed by atoms with Crippen molar-refractivity contribution in [1.82, 2.24) is 5.32 Å². The Labute approximate surface area is 103 Å². The van der Waals surface area contributed by atoms with E-state index >= 15 is 0 Å². The first-order chi connectivity index (χ1) is 8.15. The molecule has 4 nitrogen and oxygen atoms in total. The van der Waals surface area contributed by atoms with Gasteiger partial charge < -0.3 is 16.4 Å². The molecule has 4 heteroatoms. The highest BCUT2D eigenvalue weighted by atomic mass is 16.2. The Morgan fingerprint density at radius 3 is 2.53 bits per heavy atom. The third-order valence-electron chi connectivity index (χ3n) is 2.76. The Kier molecular flexibility index (Phi) is 5.49. The van der Waals surface area contributed by atoms with E-state index in [4.69, 9.17) is 5.73 Å². The molecule has 0 saturated heterocycles. The van der Waals surface area contributed by atoms with Crippen LogP contribution in [0.3, 0.4) is 0 Å². The van der Waals surface area contributed by atoms with Crippen molar-refractivity contribution in [2.75, 3.05) is 11.9 Å². The first-order valence-corrected chi connectivity index (χ1v) is 5.99. The fourth-order valence-electron chi connectivity index (χ4n) is 1.31. The van der Waals surface area contributed by atoms with E-state index in [0.717, 1.165) is 17.7 Å². The van der Waals surface area contributed by atoms with Crippen LogP contribution in [0.1, 0.15) is 25.8 Å². The summed E-state index contributed by atoms with van der Waals surface area (Å²) in [5.41, 5.74) is 7.33. The lowest BCUT2D eigenvalue weighted by molar-refractivity contribution is 0.250. The predicted octanol–water partition coefficient (Wildman–Crippen LogP) is 2.31. The normalized spacial score (nSPS) is 11.9. The molecule has 1 rings (SSSR count). The Morgan fingerprint density at radius 1 is 1.35 bits per heavy atom. The number of benzene rings is 1. The summed E-state index contributed by atoms with van der Waals surface area (Å²) in [5, 5.41) is 5.62. The number of rotatable bonds is 5. The lowest BCUT2D eigenvalue weighted by Gasteiger charge is -2.11. The van der Waals surface area contributed by atoms with Gasteiger partial charge in [-0.1, -0.05) is 32.4 Å². The molecular formula is C13H21N3O. The molecule has 0 heterocycles. The number of carbonyl (C=O) groups excluding carboxylic acids is 1. The summed E-state index contributed by atoms with van der Waals surface area (Å²) >= 11 is 0. The van der Waals surface area contributed by atoms with E-state index in [1.807, 2.05) is 24.3 Å². The van der Waals surface area contributed by atoms with E-state index in [1.165, 1.54) is 0 Å². The highest BCUT2D eigenvalue weighted by Crippen LogP contribution is 2.08. The maximum absolute atomic E-state index is 11.5. The highest BCUT2D eigenvalue weighted by molar-refractivity contribution is 5.89. The van der Waals surface area contributed by atoms with Gasteiger partial charge in [-0.05, 0) is 23.6 Å². The quantitative estimate of drug-likeness (QED) is 0.733. The van der Waals surface area contributed by atoms with Crippen LogP contribution in [0.5, 0.6) is 0 Å². The molecule has 94 valence electrons. The third kappa shape index (κ3) is 4.87. The minimum Gasteiger partial charge on any atom is -0.338 e. The average molecular weight is 235 g/mol. The molecule has 0 aromatic heterocycles. The Balaban J connectivity index is 2.39. The molecule has 4 N–H and O–H groups in total. The monoisotopic (exact) mass is 235 g/mol. The Morgan fingerprint density at radius 2 is 2.00 bits per heavy atom. The van der Waals surface area contributed by atoms with E-state index < -0.39 is 0 Å². The van der Waals surface area contributed by atoms with Crippen molar-refractivity contribution in [2.45, 2.75) is 26.8 Å². The van der Waals surface area contributed by atoms with Crippen molar-refractivity contribution < 1.29 is 4.79 Å². The summed E-state index contributed by atoms with van der Waals surface area (Å²) in [6.45, 7) is 5.43. The van der Waals surface area contributed by atoms with Crippen molar-refractivity contribution in [2.24, 2.45) is 11.7 Å². The number of nitrogens with one attached hydrogen (secondary N) is 2. The standard InChI is InChI=1S/C13H21N3O/c1-3-10(2)9-15-13(17)16-12-6-4-11(8-14)5-7-12/h4-7,10H,3,8-9,14H2,1-2H3,(H2,15,16,17). The van der Waals surface area contributed by atoms with Crippen LogP contribution < -0.4 is 16.4 Å². The van der Waals surface area contributed by atoms with Crippen molar-refractivity contribution in [1.29, 1.82) is 0 Å². The smallest absolute Gasteiger partial charge is 0.319 e. The van der Waals surface area contributed by atoms with Crippen LogP contribution in [0.4, 0.5) is 10.5 Å². The van der Waals surface area contributed by atoms with Crippen LogP contribution in [-0.2, 0) is 6.54 Å². The summed E-state index contributed by atoms with van der Waals surface area (Å²) in [5.74, 6) is 0.500. The number of hydrogen-bond acceptors (Lipinski definition) is 2. The van der Waals surface area contributed by atoms with Gasteiger partial charge in [-0.25, -0.2) is 4.79 Å². The van der Waals surface area contributed by atoms with E-state index in [0.29, 0.717) is 19.0 Å². The number of carbonyl (C=O) groups is 1. The van der Waals surface area contributed by atoms with Gasteiger partial charge in [0.25, 0.3) is 0 Å². The fraction of sp³-hybridized carbons (Fsp3) is 0.462. The lowest BCUT2D eigenvalue weighted by Crippen LogP contribution is -2.32. The summed E-state index contributed by atoms with van der Waals surface area (Å²) in [6.07, 6.45) is 1.06. The molecule has 0 aliphatic rings. The number of hydrogen-bond donors (Lipinski definition) is 3. The van der Waals surface area contributed by atoms with Crippen molar-refractivity contribution in [3.63, 3.8) is 0 Å². The fourth-order valence-corrected chi connectivity index (χ4v) is 1.31. The van der Waals surface area contributed by atoms with Gasteiger partial charge in [-0.2, -0.15) is 0 Å². The van der Waals surface area contributed by atoms with Crippen LogP contribution in [0.25, 0.3) is 0 Å². The van der Waals surface area contributed by atoms with Gasteiger partial charge in [0, 0.05) is 18.8 Å². The predicted molar refractivity (Wildman–Crippen MR) is 70.8 cm³/mol. The molecule has 0 saturated carbocycles. The maximum Gasteiger partial charge on any atom is 0.319 e. The van der Waals surface area contributed by atoms with Gasteiger partial charge in [0.15, 0.2) is 0 Å². The van der Waals surface area contributed by atoms with Gasteiger partial charge in [-0.3, -0.25) is 0 Å². The molecule has 17 heavy (non-hydrogen) atoms. The lowest BCUT2D eigenvalue weighted by atomic mass is 10.1. The number of nitrogens with two attached hydrogens (primary N) is 1. The van der Waals surface area contributed by atoms with Gasteiger partial charge >= 0.3 is 6.03 Å². The van der Waals surface area contributed by atoms with E-state index in [1.54, 1.807) is 0 Å². The number of urea groups is 1. The molecule has 0 bridgehead atoms. The zero-order chi connectivity index (χ0) is 12.7. The van der Waals surface area contributed by atoms with E-state index in [-0.39, 0.29) is 6.03 Å². The second-order valence-corrected chi connectivity index (χ2v) is 4.25. The average Bonchev–Trinajstić information content (AvgIpc) is 2.36. The molecule has 0 aliphatic heterocycles. The minimum atomic E-state index is -0.161. The molecular weight excluding hydrogens is 214 g/mol. The van der Waals surface area contributed by atoms with Crippen LogP contribution in [0.2, 0.25) is 0 Å². The molecule has 1 atom stereocenters. The molecule has 0 radical (unpaired) electrons. The van der Waals surface area contributed by atoms with Gasteiger partial charge in [-0.15, -0.1) is 0 Å². The summed E-state index contributed by atoms with van der Waals surface area (Å²) in [6, 6.07) is 7.36. The van der Waals surface area contributed by atoms with Crippen LogP contribution >= 0.6 is 0 Å². The zero-order valence-corrected chi connectivity index (χ0v) is 10.5. The number of amides is 2. The third-order valence-corrected chi connectivity index (χ3v) is 2.76. The molecule has 2 amide bonds. The Hall–Kier alpha value is -1.55. The van der Waals surface area contributed by atoms with E-state index in [2.05, 4.69) is 24.5 Å². The summed E-state index contributed by atoms with van der Waals surface area (Å²) in [7, 11) is 0. The number of anilines is 1. The molecule has 0 fully saturated rings. The highest BCUT2D eigenvalue weighted by Gasteiger charge is 2.03. The summed E-state index contributed by atoms with van der Waals surface area (Å²) in [4.78, 5) is 11.5. The largest absolute Gasteiger partial charge is 0.338 e. The van der Waals surface area contributed by atoms with Gasteiger partial charge in [0.2, 0.25) is 0 Å². The second-order valence-electron chi connectivity index (χ2n) is 4.25. The van der Waals surface area contributed by atoms with Crippen LogP contribution in [-0.4, -0.2) is 12.6 Å². The van der Waals surface area contributed by atoms with Gasteiger partial charge in [0.05, 0.1) is 0 Å². The first kappa shape index (κ1) is 13.5. The molecule has 0 aliphatic carbocycles. The molecule has 1 aromatic rings. The molecule has 0 spiro atoms. The van der Waals surface area contributed by atoms with Gasteiger partial charge in [0.1, 0.15) is 0 Å². The van der Waals surface area contributed by atoms with Crippen LogP contribution in [0, 0.1) is 5.92 Å². The molecule has 1 unspecified atom stereocenters. The molecule has 1 aromatic carbocycles. The van der Waals surface area contributed by atoms with Crippen molar-refractivity contribution in [3.05, 3.63) is 29.8 Å². The SMILES string of the molecule is CCC(C)CNC(=O)Nc1ccc(CN)cc1. The maximum atomic E-state index is 11.5. The van der Waals surface area contributed by atoms with Crippen molar-refractivity contribution >= 4 is 11.7 Å². The second kappa shape index (κ2) is 6.91. The van der Waals surface area contributed by atoms with Crippen LogP contribution in [0.15, 0.2) is 24.3 Å². The topological polar surface area (TPSA) is 67.2 Å². The zero-order valence-electron chi connectivity index (χ0n) is 10.5. The van der Waals surface area contributed by atoms with E-state index in [9.17, 15) is 4.79 Å². The first-order valence-electron chi connectivity index (χ1n) is 5.99. The van der Waals surface area contributed by atoms with Crippen molar-refractivity contribution in [3.8, 4) is 0 Å². The minimum absolute atomic E-state index is 0.161.